The minimum Gasteiger partial charge on any atom is -0.507 e. The van der Waals surface area contributed by atoms with E-state index in [1.165, 1.54) is 24.3 Å². The van der Waals surface area contributed by atoms with Crippen LogP contribution in [-0.2, 0) is 0 Å². The zero-order chi connectivity index (χ0) is 15.4. The van der Waals surface area contributed by atoms with Crippen LogP contribution in [0.1, 0.15) is 31.8 Å². The standard InChI is InChI=1S/C17H14O4/c1-11-6-8-15(18)14(10-11)16(19)9-7-12-4-2-3-5-13(12)17(20)21/h2-10,18H,1H3,(H,20,21)/b9-7+. The molecule has 2 aromatic rings. The summed E-state index contributed by atoms with van der Waals surface area (Å²) in [6.07, 6.45) is 2.70. The molecule has 0 aliphatic heterocycles. The van der Waals surface area contributed by atoms with E-state index in [0.717, 1.165) is 5.56 Å². The van der Waals surface area contributed by atoms with Gasteiger partial charge in [0.05, 0.1) is 11.1 Å². The lowest BCUT2D eigenvalue weighted by Crippen LogP contribution is -2.00. The Morgan fingerprint density at radius 2 is 1.76 bits per heavy atom. The van der Waals surface area contributed by atoms with E-state index in [9.17, 15) is 14.7 Å². The summed E-state index contributed by atoms with van der Waals surface area (Å²) in [5, 5.41) is 18.8. The summed E-state index contributed by atoms with van der Waals surface area (Å²) in [6.45, 7) is 1.82. The van der Waals surface area contributed by atoms with Crippen molar-refractivity contribution in [2.24, 2.45) is 0 Å². The maximum absolute atomic E-state index is 12.1. The third-order valence-electron chi connectivity index (χ3n) is 3.02. The van der Waals surface area contributed by atoms with Crippen LogP contribution in [0.5, 0.6) is 5.75 Å². The monoisotopic (exact) mass is 282 g/mol. The molecule has 0 spiro atoms. The fraction of sp³-hybridized carbons (Fsp3) is 0.0588. The van der Waals surface area contributed by atoms with E-state index in [0.29, 0.717) is 5.56 Å². The molecule has 0 atom stereocenters. The highest BCUT2D eigenvalue weighted by Crippen LogP contribution is 2.20. The molecule has 0 radical (unpaired) electrons. The minimum atomic E-state index is -1.05. The van der Waals surface area contributed by atoms with Gasteiger partial charge in [0, 0.05) is 0 Å². The average molecular weight is 282 g/mol. The molecule has 4 heteroatoms. The summed E-state index contributed by atoms with van der Waals surface area (Å²) in [5.74, 6) is -1.53. The van der Waals surface area contributed by atoms with Gasteiger partial charge in [0.1, 0.15) is 5.75 Å². The van der Waals surface area contributed by atoms with Gasteiger partial charge < -0.3 is 10.2 Å². The molecule has 0 amide bonds. The topological polar surface area (TPSA) is 74.6 Å². The van der Waals surface area contributed by atoms with Crippen LogP contribution in [0.25, 0.3) is 6.08 Å². The molecule has 0 aliphatic rings. The number of phenols is 1. The summed E-state index contributed by atoms with van der Waals surface area (Å²) in [4.78, 5) is 23.2. The smallest absolute Gasteiger partial charge is 0.336 e. The molecule has 0 bridgehead atoms. The van der Waals surface area contributed by atoms with Crippen LogP contribution in [0, 0.1) is 6.92 Å². The first-order chi connectivity index (χ1) is 9.99. The highest BCUT2D eigenvalue weighted by molar-refractivity contribution is 6.09. The van der Waals surface area contributed by atoms with Crippen LogP contribution in [0.15, 0.2) is 48.5 Å². The molecule has 0 saturated heterocycles. The summed E-state index contributed by atoms with van der Waals surface area (Å²) < 4.78 is 0. The van der Waals surface area contributed by atoms with Crippen LogP contribution < -0.4 is 0 Å². The Morgan fingerprint density at radius 3 is 2.48 bits per heavy atom. The van der Waals surface area contributed by atoms with E-state index in [1.807, 2.05) is 6.92 Å². The third kappa shape index (κ3) is 3.36. The molecule has 0 saturated carbocycles. The number of aromatic hydroxyl groups is 1. The number of aromatic carboxylic acids is 1. The Bertz CT molecular complexity index is 729. The van der Waals surface area contributed by atoms with Gasteiger partial charge in [0.15, 0.2) is 5.78 Å². The molecule has 2 N–H and O–H groups in total. The lowest BCUT2D eigenvalue weighted by molar-refractivity contribution is 0.0696. The Hall–Kier alpha value is -2.88. The second-order valence-electron chi connectivity index (χ2n) is 4.61. The molecule has 0 fully saturated rings. The molecule has 106 valence electrons. The normalized spacial score (nSPS) is 10.7. The van der Waals surface area contributed by atoms with Gasteiger partial charge in [0.2, 0.25) is 0 Å². The number of allylic oxidation sites excluding steroid dienone is 1. The molecular weight excluding hydrogens is 268 g/mol. The van der Waals surface area contributed by atoms with Crippen molar-refractivity contribution in [3.8, 4) is 5.75 Å². The van der Waals surface area contributed by atoms with E-state index >= 15 is 0 Å². The molecule has 2 aromatic carbocycles. The summed E-state index contributed by atoms with van der Waals surface area (Å²) in [7, 11) is 0. The lowest BCUT2D eigenvalue weighted by Gasteiger charge is -2.03. The van der Waals surface area contributed by atoms with Gasteiger partial charge in [-0.05, 0) is 36.8 Å². The van der Waals surface area contributed by atoms with E-state index in [4.69, 9.17) is 5.11 Å². The van der Waals surface area contributed by atoms with Crippen molar-refractivity contribution < 1.29 is 19.8 Å². The Balaban J connectivity index is 2.31. The number of hydrogen-bond donors (Lipinski definition) is 2. The van der Waals surface area contributed by atoms with Crippen LogP contribution in [0.3, 0.4) is 0 Å². The number of aryl methyl sites for hydroxylation is 1. The Labute approximate surface area is 122 Å². The highest BCUT2D eigenvalue weighted by atomic mass is 16.4. The van der Waals surface area contributed by atoms with Crippen LogP contribution in [0.4, 0.5) is 0 Å². The predicted molar refractivity (Wildman–Crippen MR) is 79.6 cm³/mol. The van der Waals surface area contributed by atoms with Crippen LogP contribution >= 0.6 is 0 Å². The lowest BCUT2D eigenvalue weighted by atomic mass is 10.0. The van der Waals surface area contributed by atoms with E-state index in [2.05, 4.69) is 0 Å². The van der Waals surface area contributed by atoms with Gasteiger partial charge in [-0.2, -0.15) is 0 Å². The van der Waals surface area contributed by atoms with E-state index < -0.39 is 5.97 Å². The molecule has 0 heterocycles. The minimum absolute atomic E-state index is 0.0956. The molecule has 0 aromatic heterocycles. The summed E-state index contributed by atoms with van der Waals surface area (Å²) in [5.41, 5.74) is 1.61. The second kappa shape index (κ2) is 6.05. The fourth-order valence-electron chi connectivity index (χ4n) is 1.94. The van der Waals surface area contributed by atoms with Gasteiger partial charge in [-0.3, -0.25) is 4.79 Å². The third-order valence-corrected chi connectivity index (χ3v) is 3.02. The number of carboxylic acids is 1. The van der Waals surface area contributed by atoms with Crippen LogP contribution in [0.2, 0.25) is 0 Å². The number of phenolic OH excluding ortho intramolecular Hbond substituents is 1. The predicted octanol–water partition coefficient (Wildman–Crippen LogP) is 3.29. The molecule has 4 nitrogen and oxygen atoms in total. The first-order valence-electron chi connectivity index (χ1n) is 6.33. The maximum Gasteiger partial charge on any atom is 0.336 e. The van der Waals surface area contributed by atoms with Crippen LogP contribution in [-0.4, -0.2) is 22.0 Å². The Morgan fingerprint density at radius 1 is 1.05 bits per heavy atom. The number of carboxylic acid groups (broad SMARTS) is 1. The molecule has 0 unspecified atom stereocenters. The van der Waals surface area contributed by atoms with Gasteiger partial charge in [0.25, 0.3) is 0 Å². The molecular formula is C17H14O4. The largest absolute Gasteiger partial charge is 0.507 e. The zero-order valence-electron chi connectivity index (χ0n) is 11.4. The van der Waals surface area contributed by atoms with Crippen molar-refractivity contribution >= 4 is 17.8 Å². The molecule has 2 rings (SSSR count). The molecule has 21 heavy (non-hydrogen) atoms. The first kappa shape index (κ1) is 14.5. The van der Waals surface area contributed by atoms with Crippen molar-refractivity contribution in [1.82, 2.24) is 0 Å². The first-order valence-corrected chi connectivity index (χ1v) is 6.33. The Kier molecular flexibility index (Phi) is 4.18. The van der Waals surface area contributed by atoms with E-state index in [-0.39, 0.29) is 22.7 Å². The maximum atomic E-state index is 12.1. The summed E-state index contributed by atoms with van der Waals surface area (Å²) >= 11 is 0. The summed E-state index contributed by atoms with van der Waals surface area (Å²) in [6, 6.07) is 11.2. The van der Waals surface area contributed by atoms with E-state index in [1.54, 1.807) is 30.3 Å². The average Bonchev–Trinajstić information content (AvgIpc) is 2.47. The number of hydrogen-bond acceptors (Lipinski definition) is 3. The number of rotatable bonds is 4. The van der Waals surface area contributed by atoms with Crippen molar-refractivity contribution in [2.45, 2.75) is 6.92 Å². The highest BCUT2D eigenvalue weighted by Gasteiger charge is 2.10. The number of benzene rings is 2. The van der Waals surface area contributed by atoms with Crippen molar-refractivity contribution in [3.63, 3.8) is 0 Å². The second-order valence-corrected chi connectivity index (χ2v) is 4.61. The van der Waals surface area contributed by atoms with Gasteiger partial charge in [-0.25, -0.2) is 4.79 Å². The fourth-order valence-corrected chi connectivity index (χ4v) is 1.94. The van der Waals surface area contributed by atoms with Gasteiger partial charge >= 0.3 is 5.97 Å². The van der Waals surface area contributed by atoms with Crippen molar-refractivity contribution in [2.75, 3.05) is 0 Å². The number of carbonyl (C=O) groups is 2. The number of carbonyl (C=O) groups excluding carboxylic acids is 1. The van der Waals surface area contributed by atoms with Crippen molar-refractivity contribution in [1.29, 1.82) is 0 Å². The van der Waals surface area contributed by atoms with Gasteiger partial charge in [-0.1, -0.05) is 35.9 Å². The van der Waals surface area contributed by atoms with Crippen molar-refractivity contribution in [3.05, 3.63) is 70.8 Å². The van der Waals surface area contributed by atoms with Gasteiger partial charge in [-0.15, -0.1) is 0 Å². The SMILES string of the molecule is Cc1ccc(O)c(C(=O)/C=C/c2ccccc2C(=O)O)c1. The zero-order valence-corrected chi connectivity index (χ0v) is 11.4. The number of ketones is 1. The molecule has 0 aliphatic carbocycles. The quantitative estimate of drug-likeness (QED) is 0.666.